The van der Waals surface area contributed by atoms with Crippen molar-refractivity contribution in [3.8, 4) is 5.75 Å². The lowest BCUT2D eigenvalue weighted by molar-refractivity contribution is -0.0498. The SMILES string of the molecule is CC(C)(C)[N-]Cc1cccc(OC(F)F)c1.Cc1cc(C(N)=O)ccn1. The van der Waals surface area contributed by atoms with Crippen LogP contribution in [0.3, 0.4) is 0 Å². The van der Waals surface area contributed by atoms with Crippen molar-refractivity contribution in [3.05, 3.63) is 64.7 Å². The maximum atomic E-state index is 12.0. The molecule has 5 nitrogen and oxygen atoms in total. The highest BCUT2D eigenvalue weighted by Crippen LogP contribution is 2.21. The third-order valence-corrected chi connectivity index (χ3v) is 3.04. The van der Waals surface area contributed by atoms with Crippen LogP contribution in [0.5, 0.6) is 5.75 Å². The smallest absolute Gasteiger partial charge is 0.387 e. The number of primary amides is 1. The molecule has 0 saturated heterocycles. The molecule has 2 N–H and O–H groups in total. The quantitative estimate of drug-likeness (QED) is 0.851. The minimum Gasteiger partial charge on any atom is -0.654 e. The summed E-state index contributed by atoms with van der Waals surface area (Å²) in [5.41, 5.74) is 7.07. The van der Waals surface area contributed by atoms with Crippen LogP contribution in [0.25, 0.3) is 5.32 Å². The van der Waals surface area contributed by atoms with Gasteiger partial charge < -0.3 is 15.8 Å². The first-order chi connectivity index (χ1) is 12.1. The molecular weight excluding hydrogens is 340 g/mol. The summed E-state index contributed by atoms with van der Waals surface area (Å²) in [5, 5.41) is 4.40. The first-order valence-electron chi connectivity index (χ1n) is 8.01. The molecule has 1 heterocycles. The second-order valence-electron chi connectivity index (χ2n) is 6.56. The molecule has 0 radical (unpaired) electrons. The number of aryl methyl sites for hydroxylation is 1. The molecule has 0 unspecified atom stereocenters. The summed E-state index contributed by atoms with van der Waals surface area (Å²) in [6, 6.07) is 9.87. The van der Waals surface area contributed by atoms with Crippen LogP contribution in [0.1, 0.15) is 42.4 Å². The maximum absolute atomic E-state index is 12.0. The average molecular weight is 364 g/mol. The van der Waals surface area contributed by atoms with E-state index in [1.165, 1.54) is 6.07 Å². The predicted octanol–water partition coefficient (Wildman–Crippen LogP) is 4.45. The zero-order chi connectivity index (χ0) is 19.7. The van der Waals surface area contributed by atoms with Crippen molar-refractivity contribution < 1.29 is 18.3 Å². The third kappa shape index (κ3) is 9.08. The molecule has 1 aromatic carbocycles. The van der Waals surface area contributed by atoms with E-state index in [9.17, 15) is 13.6 Å². The van der Waals surface area contributed by atoms with Gasteiger partial charge in [-0.2, -0.15) is 8.78 Å². The Bertz CT molecular complexity index is 716. The van der Waals surface area contributed by atoms with Crippen molar-refractivity contribution in [1.82, 2.24) is 4.98 Å². The van der Waals surface area contributed by atoms with Gasteiger partial charge in [-0.05, 0) is 31.2 Å². The number of ether oxygens (including phenoxy) is 1. The molecule has 0 aliphatic heterocycles. The van der Waals surface area contributed by atoms with Crippen LogP contribution < -0.4 is 10.5 Å². The highest BCUT2D eigenvalue weighted by molar-refractivity contribution is 5.92. The minimum atomic E-state index is -2.78. The van der Waals surface area contributed by atoms with Crippen molar-refractivity contribution in [2.75, 3.05) is 0 Å². The van der Waals surface area contributed by atoms with Gasteiger partial charge in [0.05, 0.1) is 0 Å². The van der Waals surface area contributed by atoms with Crippen LogP contribution >= 0.6 is 0 Å². The van der Waals surface area contributed by atoms with Gasteiger partial charge in [-0.1, -0.05) is 38.5 Å². The fraction of sp³-hybridized carbons (Fsp3) is 0.368. The van der Waals surface area contributed by atoms with E-state index in [-0.39, 0.29) is 11.3 Å². The molecule has 1 amide bonds. The Morgan fingerprint density at radius 2 is 1.96 bits per heavy atom. The molecule has 0 atom stereocenters. The summed E-state index contributed by atoms with van der Waals surface area (Å²) < 4.78 is 28.3. The molecule has 0 fully saturated rings. The number of aromatic nitrogens is 1. The standard InChI is InChI=1S/C12H16F2NO.C7H8N2O/c1-12(2,3)15-8-9-5-4-6-10(7-9)16-11(13)14;1-5-4-6(7(8)10)2-3-9-5/h4-7,11H,8H2,1-3H3;2-4H,1H3,(H2,8,10)/q-1;. The lowest BCUT2D eigenvalue weighted by atomic mass is 10.1. The van der Waals surface area contributed by atoms with Gasteiger partial charge in [-0.15, -0.1) is 12.1 Å². The monoisotopic (exact) mass is 364 g/mol. The highest BCUT2D eigenvalue weighted by atomic mass is 19.3. The number of alkyl halides is 2. The van der Waals surface area contributed by atoms with Crippen molar-refractivity contribution in [2.45, 2.75) is 46.4 Å². The van der Waals surface area contributed by atoms with Gasteiger partial charge >= 0.3 is 6.61 Å². The summed E-state index contributed by atoms with van der Waals surface area (Å²) >= 11 is 0. The summed E-state index contributed by atoms with van der Waals surface area (Å²) in [7, 11) is 0. The number of halogens is 2. The van der Waals surface area contributed by atoms with Crippen molar-refractivity contribution in [3.63, 3.8) is 0 Å². The fourth-order valence-corrected chi connectivity index (χ4v) is 1.85. The van der Waals surface area contributed by atoms with Gasteiger partial charge in [0.25, 0.3) is 0 Å². The highest BCUT2D eigenvalue weighted by Gasteiger charge is 2.04. The van der Waals surface area contributed by atoms with Crippen molar-refractivity contribution in [1.29, 1.82) is 0 Å². The molecule has 7 heteroatoms. The predicted molar refractivity (Wildman–Crippen MR) is 97.4 cm³/mol. The molecular formula is C19H24F2N3O2-. The van der Waals surface area contributed by atoms with Crippen molar-refractivity contribution >= 4 is 5.91 Å². The van der Waals surface area contributed by atoms with Gasteiger partial charge in [0.15, 0.2) is 0 Å². The topological polar surface area (TPSA) is 79.3 Å². The Morgan fingerprint density at radius 1 is 1.27 bits per heavy atom. The Balaban J connectivity index is 0.000000289. The molecule has 0 aliphatic rings. The summed E-state index contributed by atoms with van der Waals surface area (Å²) in [5.74, 6) is -0.234. The molecule has 0 aliphatic carbocycles. The number of pyridine rings is 1. The number of nitrogens with zero attached hydrogens (tertiary/aromatic N) is 2. The van der Waals surface area contributed by atoms with Crippen LogP contribution in [0.4, 0.5) is 8.78 Å². The first kappa shape index (κ1) is 21.5. The number of rotatable bonds is 5. The molecule has 0 saturated carbocycles. The lowest BCUT2D eigenvalue weighted by Gasteiger charge is -2.36. The Hall–Kier alpha value is -2.54. The molecule has 2 aromatic rings. The van der Waals surface area contributed by atoms with E-state index in [4.69, 9.17) is 5.73 Å². The van der Waals surface area contributed by atoms with Crippen LogP contribution in [0.2, 0.25) is 0 Å². The van der Waals surface area contributed by atoms with E-state index in [1.807, 2.05) is 33.8 Å². The number of carbonyl (C=O) groups is 1. The van der Waals surface area contributed by atoms with E-state index in [2.05, 4.69) is 15.0 Å². The number of benzene rings is 1. The number of nitrogens with two attached hydrogens (primary N) is 1. The zero-order valence-electron chi connectivity index (χ0n) is 15.4. The van der Waals surface area contributed by atoms with Gasteiger partial charge in [0.2, 0.25) is 5.91 Å². The number of amides is 1. The van der Waals surface area contributed by atoms with Crippen LogP contribution in [-0.2, 0) is 6.54 Å². The first-order valence-corrected chi connectivity index (χ1v) is 8.01. The fourth-order valence-electron chi connectivity index (χ4n) is 1.85. The molecule has 0 bridgehead atoms. The number of carbonyl (C=O) groups excluding carboxylic acids is 1. The van der Waals surface area contributed by atoms with E-state index in [0.29, 0.717) is 12.1 Å². The second-order valence-corrected chi connectivity index (χ2v) is 6.56. The molecule has 142 valence electrons. The van der Waals surface area contributed by atoms with E-state index in [0.717, 1.165) is 11.3 Å². The van der Waals surface area contributed by atoms with Gasteiger partial charge in [0, 0.05) is 17.5 Å². The van der Waals surface area contributed by atoms with Gasteiger partial charge in [0.1, 0.15) is 5.75 Å². The van der Waals surface area contributed by atoms with Gasteiger partial charge in [-0.25, -0.2) is 0 Å². The van der Waals surface area contributed by atoms with E-state index in [1.54, 1.807) is 30.5 Å². The molecule has 2 rings (SSSR count). The maximum Gasteiger partial charge on any atom is 0.387 e. The van der Waals surface area contributed by atoms with E-state index < -0.39 is 12.5 Å². The lowest BCUT2D eigenvalue weighted by Crippen LogP contribution is -2.12. The third-order valence-electron chi connectivity index (χ3n) is 3.04. The summed E-state index contributed by atoms with van der Waals surface area (Å²) in [6.07, 6.45) is 1.56. The summed E-state index contributed by atoms with van der Waals surface area (Å²) in [4.78, 5) is 14.5. The van der Waals surface area contributed by atoms with Crippen LogP contribution in [-0.4, -0.2) is 23.0 Å². The normalized spacial score (nSPS) is 10.9. The second kappa shape index (κ2) is 9.82. The van der Waals surface area contributed by atoms with E-state index >= 15 is 0 Å². The average Bonchev–Trinajstić information content (AvgIpc) is 2.53. The largest absolute Gasteiger partial charge is 0.654 e. The zero-order valence-corrected chi connectivity index (χ0v) is 15.4. The van der Waals surface area contributed by atoms with Gasteiger partial charge in [-0.3, -0.25) is 9.78 Å². The van der Waals surface area contributed by atoms with Crippen LogP contribution in [0, 0.1) is 6.92 Å². The molecule has 1 aromatic heterocycles. The Kier molecular flexibility index (Phi) is 8.12. The molecule has 0 spiro atoms. The Morgan fingerprint density at radius 3 is 2.46 bits per heavy atom. The minimum absolute atomic E-state index is 0.125. The molecule has 26 heavy (non-hydrogen) atoms. The van der Waals surface area contributed by atoms with Crippen molar-refractivity contribution in [2.24, 2.45) is 5.73 Å². The number of hydrogen-bond donors (Lipinski definition) is 1. The summed E-state index contributed by atoms with van der Waals surface area (Å²) in [6.45, 7) is 5.51. The Labute approximate surface area is 152 Å². The van der Waals surface area contributed by atoms with Crippen LogP contribution in [0.15, 0.2) is 42.6 Å². The number of hydrogen-bond acceptors (Lipinski definition) is 3.